The molecular formula is C12H14N2O4. The average Bonchev–Trinajstić information content (AvgIpc) is 2.33. The van der Waals surface area contributed by atoms with Crippen molar-refractivity contribution < 1.29 is 19.4 Å². The lowest BCUT2D eigenvalue weighted by atomic mass is 9.85. The van der Waals surface area contributed by atoms with E-state index >= 15 is 0 Å². The molecule has 0 spiro atoms. The van der Waals surface area contributed by atoms with Gasteiger partial charge in [-0.15, -0.1) is 0 Å². The maximum atomic E-state index is 12.1. The third-order valence-corrected chi connectivity index (χ3v) is 3.07. The molecule has 2 heterocycles. The molecule has 1 aliphatic rings. The highest BCUT2D eigenvalue weighted by atomic mass is 16.5. The van der Waals surface area contributed by atoms with E-state index in [9.17, 15) is 14.7 Å². The van der Waals surface area contributed by atoms with Crippen LogP contribution in [-0.4, -0.2) is 35.1 Å². The normalized spacial score (nSPS) is 19.2. The van der Waals surface area contributed by atoms with Gasteiger partial charge in [0.1, 0.15) is 5.41 Å². The number of hydrogen-bond donors (Lipinski definition) is 1. The second-order valence-corrected chi connectivity index (χ2v) is 4.75. The Morgan fingerprint density at radius 2 is 2.22 bits per heavy atom. The molecule has 18 heavy (non-hydrogen) atoms. The van der Waals surface area contributed by atoms with Gasteiger partial charge in [0, 0.05) is 13.2 Å². The van der Waals surface area contributed by atoms with Crippen LogP contribution in [0.15, 0.2) is 18.3 Å². The zero-order chi connectivity index (χ0) is 13.5. The molecule has 0 saturated carbocycles. The number of nitrogens with zero attached hydrogens (tertiary/aromatic N) is 2. The van der Waals surface area contributed by atoms with E-state index in [2.05, 4.69) is 4.98 Å². The monoisotopic (exact) mass is 250 g/mol. The molecule has 0 saturated heterocycles. The number of aliphatic carboxylic acids is 1. The molecule has 0 aliphatic carbocycles. The number of carboxylic acids is 1. The Balaban J connectivity index is 2.45. The van der Waals surface area contributed by atoms with Crippen molar-refractivity contribution in [3.63, 3.8) is 0 Å². The topological polar surface area (TPSA) is 79.7 Å². The van der Waals surface area contributed by atoms with Crippen molar-refractivity contribution in [3.8, 4) is 5.75 Å². The summed E-state index contributed by atoms with van der Waals surface area (Å²) in [6.45, 7) is 2.93. The summed E-state index contributed by atoms with van der Waals surface area (Å²) in [5.74, 6) is -0.672. The molecule has 0 radical (unpaired) electrons. The van der Waals surface area contributed by atoms with Crippen molar-refractivity contribution in [2.24, 2.45) is 5.41 Å². The van der Waals surface area contributed by atoms with Gasteiger partial charge in [-0.05, 0) is 26.0 Å². The van der Waals surface area contributed by atoms with E-state index in [1.807, 2.05) is 0 Å². The predicted molar refractivity (Wildman–Crippen MR) is 63.5 cm³/mol. The van der Waals surface area contributed by atoms with Crippen LogP contribution in [0, 0.1) is 5.41 Å². The molecule has 1 aromatic rings. The van der Waals surface area contributed by atoms with Crippen LogP contribution in [0.4, 0.5) is 5.82 Å². The van der Waals surface area contributed by atoms with E-state index in [1.165, 1.54) is 18.7 Å². The van der Waals surface area contributed by atoms with Crippen LogP contribution in [0.3, 0.4) is 0 Å². The number of pyridine rings is 1. The lowest BCUT2D eigenvalue weighted by molar-refractivity contribution is -0.157. The molecule has 1 unspecified atom stereocenters. The minimum atomic E-state index is -1.31. The minimum absolute atomic E-state index is 0.403. The second kappa shape index (κ2) is 3.97. The first kappa shape index (κ1) is 12.3. The zero-order valence-electron chi connectivity index (χ0n) is 10.4. The average molecular weight is 250 g/mol. The SMILES string of the molecule is CN1C(=O)C(C(C)(C)C(=O)O)Oc2cccnc21. The van der Waals surface area contributed by atoms with Gasteiger partial charge in [-0.1, -0.05) is 0 Å². The lowest BCUT2D eigenvalue weighted by Gasteiger charge is -2.36. The first-order valence-electron chi connectivity index (χ1n) is 5.48. The molecule has 2 rings (SSSR count). The van der Waals surface area contributed by atoms with Crippen molar-refractivity contribution in [2.45, 2.75) is 20.0 Å². The third kappa shape index (κ3) is 1.70. The second-order valence-electron chi connectivity index (χ2n) is 4.75. The lowest BCUT2D eigenvalue weighted by Crippen LogP contribution is -2.54. The molecular weight excluding hydrogens is 236 g/mol. The number of carbonyl (C=O) groups is 2. The largest absolute Gasteiger partial charge is 0.481 e. The fraction of sp³-hybridized carbons (Fsp3) is 0.417. The maximum absolute atomic E-state index is 12.1. The van der Waals surface area contributed by atoms with Gasteiger partial charge in [0.05, 0.1) is 0 Å². The number of rotatable bonds is 2. The Morgan fingerprint density at radius 1 is 1.56 bits per heavy atom. The summed E-state index contributed by atoms with van der Waals surface area (Å²) in [4.78, 5) is 28.7. The summed E-state index contributed by atoms with van der Waals surface area (Å²) in [6, 6.07) is 3.34. The highest BCUT2D eigenvalue weighted by molar-refractivity contribution is 6.01. The molecule has 6 heteroatoms. The van der Waals surface area contributed by atoms with E-state index in [0.29, 0.717) is 11.6 Å². The van der Waals surface area contributed by atoms with E-state index in [1.54, 1.807) is 25.4 Å². The van der Waals surface area contributed by atoms with Crippen molar-refractivity contribution in [1.29, 1.82) is 0 Å². The Hall–Kier alpha value is -2.11. The van der Waals surface area contributed by atoms with Crippen LogP contribution in [0.1, 0.15) is 13.8 Å². The quantitative estimate of drug-likeness (QED) is 0.844. The number of likely N-dealkylation sites (N-methyl/N-ethyl adjacent to an activating group) is 1. The van der Waals surface area contributed by atoms with Crippen LogP contribution in [0.25, 0.3) is 0 Å². The summed E-state index contributed by atoms with van der Waals surface area (Å²) in [7, 11) is 1.56. The van der Waals surface area contributed by atoms with Crippen molar-refractivity contribution in [3.05, 3.63) is 18.3 Å². The fourth-order valence-electron chi connectivity index (χ4n) is 1.75. The summed E-state index contributed by atoms with van der Waals surface area (Å²) in [6.07, 6.45) is 0.492. The Bertz CT molecular complexity index is 513. The van der Waals surface area contributed by atoms with Crippen molar-refractivity contribution in [2.75, 3.05) is 11.9 Å². The van der Waals surface area contributed by atoms with Crippen LogP contribution < -0.4 is 9.64 Å². The number of ether oxygens (including phenoxy) is 1. The van der Waals surface area contributed by atoms with Crippen molar-refractivity contribution in [1.82, 2.24) is 4.98 Å². The molecule has 1 atom stereocenters. The molecule has 1 aliphatic heterocycles. The van der Waals surface area contributed by atoms with Gasteiger partial charge in [-0.25, -0.2) is 4.98 Å². The van der Waals surface area contributed by atoms with Crippen LogP contribution in [-0.2, 0) is 9.59 Å². The number of carboxylic acid groups (broad SMARTS) is 1. The van der Waals surface area contributed by atoms with Gasteiger partial charge in [-0.3, -0.25) is 14.5 Å². The van der Waals surface area contributed by atoms with Gasteiger partial charge < -0.3 is 9.84 Å². The first-order valence-corrected chi connectivity index (χ1v) is 5.48. The highest BCUT2D eigenvalue weighted by Gasteiger charge is 2.48. The third-order valence-electron chi connectivity index (χ3n) is 3.07. The number of amides is 1. The summed E-state index contributed by atoms with van der Waals surface area (Å²) < 4.78 is 5.51. The number of aromatic nitrogens is 1. The predicted octanol–water partition coefficient (Wildman–Crippen LogP) is 0.916. The summed E-state index contributed by atoms with van der Waals surface area (Å²) in [5.41, 5.74) is -1.31. The number of carbonyl (C=O) groups excluding carboxylic acids is 1. The molecule has 0 aromatic carbocycles. The van der Waals surface area contributed by atoms with E-state index in [-0.39, 0.29) is 0 Å². The van der Waals surface area contributed by atoms with E-state index in [0.717, 1.165) is 0 Å². The smallest absolute Gasteiger partial charge is 0.313 e. The maximum Gasteiger partial charge on any atom is 0.313 e. The number of hydrogen-bond acceptors (Lipinski definition) is 4. The molecule has 6 nitrogen and oxygen atoms in total. The van der Waals surface area contributed by atoms with E-state index in [4.69, 9.17) is 4.74 Å². The van der Waals surface area contributed by atoms with Crippen LogP contribution in [0.5, 0.6) is 5.75 Å². The minimum Gasteiger partial charge on any atom is -0.481 e. The molecule has 1 amide bonds. The summed E-state index contributed by atoms with van der Waals surface area (Å²) >= 11 is 0. The number of anilines is 1. The molecule has 1 N–H and O–H groups in total. The van der Waals surface area contributed by atoms with Gasteiger partial charge in [0.15, 0.2) is 17.7 Å². The Kier molecular flexibility index (Phi) is 2.73. The van der Waals surface area contributed by atoms with Crippen molar-refractivity contribution >= 4 is 17.7 Å². The fourth-order valence-corrected chi connectivity index (χ4v) is 1.75. The molecule has 1 aromatic heterocycles. The highest BCUT2D eigenvalue weighted by Crippen LogP contribution is 2.36. The molecule has 0 bridgehead atoms. The van der Waals surface area contributed by atoms with Gasteiger partial charge in [-0.2, -0.15) is 0 Å². The Morgan fingerprint density at radius 3 is 2.83 bits per heavy atom. The molecule has 96 valence electrons. The standard InChI is InChI=1S/C12H14N2O4/c1-12(2,11(16)17)8-10(15)14(3)9-7(18-8)5-4-6-13-9/h4-6,8H,1-3H3,(H,16,17). The van der Waals surface area contributed by atoms with Crippen LogP contribution >= 0.6 is 0 Å². The zero-order valence-corrected chi connectivity index (χ0v) is 10.4. The van der Waals surface area contributed by atoms with Gasteiger partial charge >= 0.3 is 5.97 Å². The van der Waals surface area contributed by atoms with Gasteiger partial charge in [0.25, 0.3) is 5.91 Å². The molecule has 0 fully saturated rings. The first-order chi connectivity index (χ1) is 8.35. The van der Waals surface area contributed by atoms with Gasteiger partial charge in [0.2, 0.25) is 0 Å². The van der Waals surface area contributed by atoms with Crippen LogP contribution in [0.2, 0.25) is 0 Å². The Labute approximate surface area is 104 Å². The summed E-state index contributed by atoms with van der Waals surface area (Å²) in [5, 5.41) is 9.18. The number of fused-ring (bicyclic) bond motifs is 1. The van der Waals surface area contributed by atoms with E-state index < -0.39 is 23.4 Å².